The molecule has 1 saturated heterocycles. The van der Waals surface area contributed by atoms with E-state index in [2.05, 4.69) is 4.90 Å². The lowest BCUT2D eigenvalue weighted by molar-refractivity contribution is 0.0357. The topological polar surface area (TPSA) is 76.1 Å². The highest BCUT2D eigenvalue weighted by Crippen LogP contribution is 2.36. The van der Waals surface area contributed by atoms with Crippen LogP contribution in [0.25, 0.3) is 0 Å². The van der Waals surface area contributed by atoms with Gasteiger partial charge in [-0.05, 0) is 18.6 Å². The number of nitrogens with zero attached hydrogens (tertiary/aromatic N) is 1. The van der Waals surface area contributed by atoms with E-state index >= 15 is 0 Å². The molecule has 1 heterocycles. The molecule has 0 saturated carbocycles. The number of carbonyl (C=O) groups is 2. The van der Waals surface area contributed by atoms with Crippen molar-refractivity contribution in [1.82, 2.24) is 4.90 Å². The van der Waals surface area contributed by atoms with Gasteiger partial charge in [-0.15, -0.1) is 0 Å². The number of aromatic hydroxyl groups is 1. The summed E-state index contributed by atoms with van der Waals surface area (Å²) in [6.45, 7) is 4.70. The zero-order valence-electron chi connectivity index (χ0n) is 14.9. The molecule has 1 aliphatic heterocycles. The highest BCUT2D eigenvalue weighted by molar-refractivity contribution is 6.30. The number of benzene rings is 2. The molecule has 140 valence electrons. The maximum absolute atomic E-state index is 13.0. The summed E-state index contributed by atoms with van der Waals surface area (Å²) < 4.78 is 11.2. The van der Waals surface area contributed by atoms with Gasteiger partial charge < -0.3 is 14.6 Å². The number of carbonyl (C=O) groups excluding carboxylic acids is 2. The van der Waals surface area contributed by atoms with Crippen LogP contribution in [0.3, 0.4) is 0 Å². The lowest BCUT2D eigenvalue weighted by atomic mass is 9.83. The molecule has 2 aliphatic rings. The predicted octanol–water partition coefficient (Wildman–Crippen LogP) is 2.27. The second-order valence-corrected chi connectivity index (χ2v) is 6.69. The normalized spacial score (nSPS) is 16.7. The van der Waals surface area contributed by atoms with Gasteiger partial charge in [-0.3, -0.25) is 14.5 Å². The minimum atomic E-state index is -0.374. The first-order valence-corrected chi connectivity index (χ1v) is 9.14. The Morgan fingerprint density at radius 3 is 2.44 bits per heavy atom. The minimum Gasteiger partial charge on any atom is -0.507 e. The van der Waals surface area contributed by atoms with Crippen molar-refractivity contribution in [2.45, 2.75) is 6.42 Å². The maximum Gasteiger partial charge on any atom is 0.201 e. The molecule has 1 aliphatic carbocycles. The van der Waals surface area contributed by atoms with Crippen LogP contribution < -0.4 is 4.74 Å². The van der Waals surface area contributed by atoms with Crippen LogP contribution in [0.2, 0.25) is 0 Å². The van der Waals surface area contributed by atoms with E-state index in [-0.39, 0.29) is 34.0 Å². The van der Waals surface area contributed by atoms with Crippen molar-refractivity contribution in [3.63, 3.8) is 0 Å². The average Bonchev–Trinajstić information content (AvgIpc) is 2.70. The van der Waals surface area contributed by atoms with Crippen molar-refractivity contribution in [1.29, 1.82) is 0 Å². The van der Waals surface area contributed by atoms with Gasteiger partial charge in [0, 0.05) is 30.8 Å². The Kier molecular flexibility index (Phi) is 4.92. The van der Waals surface area contributed by atoms with Gasteiger partial charge in [-0.2, -0.15) is 0 Å². The summed E-state index contributed by atoms with van der Waals surface area (Å²) in [7, 11) is 0. The first kappa shape index (κ1) is 17.7. The molecule has 0 spiro atoms. The summed E-state index contributed by atoms with van der Waals surface area (Å²) in [5.74, 6) is -0.434. The molecule has 0 bridgehead atoms. The lowest BCUT2D eigenvalue weighted by Crippen LogP contribution is -2.37. The van der Waals surface area contributed by atoms with E-state index < -0.39 is 0 Å². The molecule has 27 heavy (non-hydrogen) atoms. The first-order valence-electron chi connectivity index (χ1n) is 9.14. The van der Waals surface area contributed by atoms with Crippen LogP contribution in [0.1, 0.15) is 38.3 Å². The molecule has 0 amide bonds. The Morgan fingerprint density at radius 1 is 0.963 bits per heavy atom. The second kappa shape index (κ2) is 7.50. The van der Waals surface area contributed by atoms with Crippen molar-refractivity contribution in [3.05, 3.63) is 58.7 Å². The molecule has 6 heteroatoms. The molecule has 0 aromatic heterocycles. The van der Waals surface area contributed by atoms with E-state index in [1.165, 1.54) is 6.07 Å². The number of hydrogen-bond donors (Lipinski definition) is 1. The quantitative estimate of drug-likeness (QED) is 0.697. The smallest absolute Gasteiger partial charge is 0.201 e. The van der Waals surface area contributed by atoms with E-state index in [1.54, 1.807) is 30.3 Å². The van der Waals surface area contributed by atoms with Crippen LogP contribution in [-0.2, 0) is 4.74 Å². The summed E-state index contributed by atoms with van der Waals surface area (Å²) in [6.07, 6.45) is 0.813. The van der Waals surface area contributed by atoms with Crippen molar-refractivity contribution in [2.24, 2.45) is 0 Å². The van der Waals surface area contributed by atoms with Gasteiger partial charge in [0.25, 0.3) is 0 Å². The van der Waals surface area contributed by atoms with E-state index in [9.17, 15) is 14.7 Å². The SMILES string of the molecule is O=C1c2cccc(O)c2C(=O)c2c(OCCCN3CCOCC3)cccc21. The van der Waals surface area contributed by atoms with E-state index in [4.69, 9.17) is 9.47 Å². The minimum absolute atomic E-state index is 0.0550. The highest BCUT2D eigenvalue weighted by atomic mass is 16.5. The highest BCUT2D eigenvalue weighted by Gasteiger charge is 2.34. The van der Waals surface area contributed by atoms with Crippen LogP contribution in [0, 0.1) is 0 Å². The fraction of sp³-hybridized carbons (Fsp3) is 0.333. The molecule has 2 aromatic rings. The third kappa shape index (κ3) is 3.34. The number of phenols is 1. The Morgan fingerprint density at radius 2 is 1.67 bits per heavy atom. The monoisotopic (exact) mass is 367 g/mol. The van der Waals surface area contributed by atoms with Crippen molar-refractivity contribution in [3.8, 4) is 11.5 Å². The summed E-state index contributed by atoms with van der Waals surface area (Å²) in [6, 6.07) is 9.59. The molecule has 6 nitrogen and oxygen atoms in total. The number of morpholine rings is 1. The fourth-order valence-electron chi connectivity index (χ4n) is 3.61. The van der Waals surface area contributed by atoms with Crippen LogP contribution in [0.5, 0.6) is 11.5 Å². The van der Waals surface area contributed by atoms with Crippen LogP contribution >= 0.6 is 0 Å². The third-order valence-corrected chi connectivity index (χ3v) is 4.99. The molecule has 0 unspecified atom stereocenters. The van der Waals surface area contributed by atoms with E-state index in [0.29, 0.717) is 17.9 Å². The fourth-order valence-corrected chi connectivity index (χ4v) is 3.61. The number of phenolic OH excluding ortho intramolecular Hbond substituents is 1. The van der Waals surface area contributed by atoms with Crippen LogP contribution in [0.4, 0.5) is 0 Å². The molecule has 1 fully saturated rings. The number of rotatable bonds is 5. The second-order valence-electron chi connectivity index (χ2n) is 6.69. The molecule has 1 N–H and O–H groups in total. The third-order valence-electron chi connectivity index (χ3n) is 4.99. The maximum atomic E-state index is 13.0. The van der Waals surface area contributed by atoms with Gasteiger partial charge in [0.05, 0.1) is 30.9 Å². The predicted molar refractivity (Wildman–Crippen MR) is 98.8 cm³/mol. The number of hydrogen-bond acceptors (Lipinski definition) is 6. The summed E-state index contributed by atoms with van der Waals surface area (Å²) in [5, 5.41) is 10.1. The number of fused-ring (bicyclic) bond motifs is 2. The van der Waals surface area contributed by atoms with Gasteiger partial charge in [-0.1, -0.05) is 24.3 Å². The molecule has 2 aromatic carbocycles. The zero-order chi connectivity index (χ0) is 18.8. The average molecular weight is 367 g/mol. The Labute approximate surface area is 157 Å². The largest absolute Gasteiger partial charge is 0.507 e. The Hall–Kier alpha value is -2.70. The first-order chi connectivity index (χ1) is 13.2. The van der Waals surface area contributed by atoms with Gasteiger partial charge in [-0.25, -0.2) is 0 Å². The molecule has 4 rings (SSSR count). The number of ketones is 2. The van der Waals surface area contributed by atoms with Gasteiger partial charge >= 0.3 is 0 Å². The van der Waals surface area contributed by atoms with Gasteiger partial charge in [0.2, 0.25) is 5.78 Å². The van der Waals surface area contributed by atoms with Crippen LogP contribution in [-0.4, -0.2) is 61.0 Å². The zero-order valence-corrected chi connectivity index (χ0v) is 14.9. The van der Waals surface area contributed by atoms with Crippen LogP contribution in [0.15, 0.2) is 36.4 Å². The van der Waals surface area contributed by atoms with Crippen molar-refractivity contribution in [2.75, 3.05) is 39.5 Å². The van der Waals surface area contributed by atoms with Gasteiger partial charge in [0.15, 0.2) is 5.78 Å². The standard InChI is InChI=1S/C21H21NO5/c23-16-6-1-4-14-18(16)21(25)19-15(20(14)24)5-2-7-17(19)27-11-3-8-22-9-12-26-13-10-22/h1-2,4-7,23H,3,8-13H2. The van der Waals surface area contributed by atoms with Crippen molar-refractivity contribution >= 4 is 11.6 Å². The molecule has 0 radical (unpaired) electrons. The van der Waals surface area contributed by atoms with Gasteiger partial charge in [0.1, 0.15) is 11.5 Å². The lowest BCUT2D eigenvalue weighted by Gasteiger charge is -2.26. The molecular formula is C21H21NO5. The van der Waals surface area contributed by atoms with E-state index in [1.807, 2.05) is 0 Å². The Balaban J connectivity index is 1.52. The number of ether oxygens (including phenoxy) is 2. The van der Waals surface area contributed by atoms with E-state index in [0.717, 1.165) is 39.3 Å². The molecule has 0 atom stereocenters. The molecular weight excluding hydrogens is 346 g/mol. The Bertz CT molecular complexity index is 886. The summed E-state index contributed by atoms with van der Waals surface area (Å²) >= 11 is 0. The summed E-state index contributed by atoms with van der Waals surface area (Å²) in [4.78, 5) is 28.0. The summed E-state index contributed by atoms with van der Waals surface area (Å²) in [5.41, 5.74) is 0.850. The van der Waals surface area contributed by atoms with Crippen molar-refractivity contribution < 1.29 is 24.2 Å².